The van der Waals surface area contributed by atoms with Gasteiger partial charge in [0.15, 0.2) is 0 Å². The molecular formula is OPbScTa. The van der Waals surface area contributed by atoms with Crippen LogP contribution >= 0.6 is 0 Å². The minimum absolute atomic E-state index is 0. The summed E-state index contributed by atoms with van der Waals surface area (Å²) in [6.45, 7) is 0. The minimum atomic E-state index is 0. The predicted molar refractivity (Wildman–Crippen MR) is 6.44 cm³/mol. The molecule has 0 saturated carbocycles. The molecule has 0 aliphatic rings. The van der Waals surface area contributed by atoms with Gasteiger partial charge in [0.25, 0.3) is 0 Å². The summed E-state index contributed by atoms with van der Waals surface area (Å²) in [5.74, 6) is 0. The molecule has 0 aromatic carbocycles. The fraction of sp³-hybridized carbons (Fsp3) is 0. The number of hydrogen-bond donors (Lipinski definition) is 0. The Morgan fingerprint density at radius 3 is 1.25 bits per heavy atom. The molecule has 0 saturated heterocycles. The van der Waals surface area contributed by atoms with Gasteiger partial charge < -0.3 is 0 Å². The Bertz CT molecular complexity index is 8.00. The molecule has 0 N–H and O–H groups in total. The summed E-state index contributed by atoms with van der Waals surface area (Å²) in [4.78, 5) is 0. The standard InChI is InChI=1S/O.Pb.Sc.Ta. The maximum Gasteiger partial charge on any atom is 0 e. The first-order valence-corrected chi connectivity index (χ1v) is 1.79. The van der Waals surface area contributed by atoms with Crippen LogP contribution in [0.3, 0.4) is 0 Å². The van der Waals surface area contributed by atoms with Crippen LogP contribution in [0.25, 0.3) is 0 Å². The third-order valence-electron chi connectivity index (χ3n) is 0. The monoisotopic (exact) mass is 450 g/mol. The third kappa shape index (κ3) is 8.84. The summed E-state index contributed by atoms with van der Waals surface area (Å²) < 4.78 is 8.39. The van der Waals surface area contributed by atoms with Gasteiger partial charge in [-0.05, 0) is 0 Å². The van der Waals surface area contributed by atoms with E-state index in [1.54, 1.807) is 0 Å². The van der Waals surface area contributed by atoms with Crippen molar-refractivity contribution in [3.8, 4) is 0 Å². The topological polar surface area (TPSA) is 17.1 Å². The van der Waals surface area contributed by atoms with Gasteiger partial charge in [0, 0.05) is 48.2 Å². The molecule has 0 bridgehead atoms. The molecule has 0 fully saturated rings. The van der Waals surface area contributed by atoms with Gasteiger partial charge in [-0.25, -0.2) is 0 Å². The van der Waals surface area contributed by atoms with Crippen molar-refractivity contribution in [2.45, 2.75) is 0 Å². The third-order valence-corrected chi connectivity index (χ3v) is 0. The van der Waals surface area contributed by atoms with Crippen LogP contribution in [0.5, 0.6) is 0 Å². The Hall–Kier alpha value is 2.33. The molecule has 0 spiro atoms. The van der Waals surface area contributed by atoms with E-state index < -0.39 is 0 Å². The first-order valence-electron chi connectivity index (χ1n) is 0.204. The zero-order chi connectivity index (χ0) is 2.00. The van der Waals surface area contributed by atoms with Crippen LogP contribution in [-0.4, -0.2) is 25.8 Å². The molecule has 4 heavy (non-hydrogen) atoms. The molecule has 18 valence electrons. The van der Waals surface area contributed by atoms with E-state index in [4.69, 9.17) is 2.69 Å². The zero-order valence-electron chi connectivity index (χ0n) is 1.93. The normalized spacial score (nSPS) is 1.00. The Balaban J connectivity index is -0.00000000500. The molecule has 0 rings (SSSR count). The molecule has 0 unspecified atom stereocenters. The summed E-state index contributed by atoms with van der Waals surface area (Å²) in [7, 11) is 0. The average Bonchev–Trinajstić information content (AvgIpc) is 1.00. The van der Waals surface area contributed by atoms with Gasteiger partial charge in [-0.15, -0.1) is 0 Å². The molecule has 0 amide bonds. The van der Waals surface area contributed by atoms with Gasteiger partial charge in [0.05, 0.1) is 0 Å². The van der Waals surface area contributed by atoms with E-state index in [1.807, 2.05) is 0 Å². The van der Waals surface area contributed by atoms with Crippen LogP contribution in [0.4, 0.5) is 0 Å². The summed E-state index contributed by atoms with van der Waals surface area (Å²) in [6.07, 6.45) is 0. The minimum Gasteiger partial charge on any atom is 0 e. The van der Waals surface area contributed by atoms with Gasteiger partial charge >= 0.3 is 28.5 Å². The average molecular weight is 449 g/mol. The Labute approximate surface area is 75.4 Å². The van der Waals surface area contributed by atoms with E-state index in [1.165, 1.54) is 0 Å². The summed E-state index contributed by atoms with van der Waals surface area (Å²) in [5, 5.41) is 0. The molecule has 4 radical (unpaired) electrons. The smallest absolute Gasteiger partial charge is 0 e. The molecule has 1 nitrogen and oxygen atoms in total. The van der Waals surface area contributed by atoms with Crippen LogP contribution in [0, 0.1) is 0 Å². The van der Waals surface area contributed by atoms with Crippen LogP contribution in [-0.2, 0) is 50.9 Å². The van der Waals surface area contributed by atoms with Crippen molar-refractivity contribution in [3.05, 3.63) is 0 Å². The van der Waals surface area contributed by atoms with E-state index >= 15 is 0 Å². The van der Waals surface area contributed by atoms with Gasteiger partial charge in [-0.1, -0.05) is 0 Å². The molecule has 0 atom stereocenters. The maximum atomic E-state index is 8.39. The van der Waals surface area contributed by atoms with Crippen LogP contribution < -0.4 is 0 Å². The van der Waals surface area contributed by atoms with Gasteiger partial charge in [0.1, 0.15) is 0 Å². The van der Waals surface area contributed by atoms with E-state index in [0.717, 1.165) is 0 Å². The predicted octanol–water partition coefficient (Wildman–Crippen LogP) is -0.505. The van der Waals surface area contributed by atoms with Crippen molar-refractivity contribution < 1.29 is 50.9 Å². The largest absolute Gasteiger partial charge is 0 e. The molecule has 4 heteroatoms. The summed E-state index contributed by atoms with van der Waals surface area (Å²) in [6, 6.07) is 0. The second-order valence-electron chi connectivity index (χ2n) is 0. The Kier molecular flexibility index (Phi) is 74.6. The Morgan fingerprint density at radius 2 is 1.25 bits per heavy atom. The quantitative estimate of drug-likeness (QED) is 0.456. The van der Waals surface area contributed by atoms with Gasteiger partial charge in [-0.2, -0.15) is 0 Å². The molecule has 0 aromatic rings. The van der Waals surface area contributed by atoms with Gasteiger partial charge in [0.2, 0.25) is 0 Å². The number of rotatable bonds is 0. The second-order valence-corrected chi connectivity index (χ2v) is 0. The van der Waals surface area contributed by atoms with Crippen molar-refractivity contribution in [2.75, 3.05) is 0 Å². The van der Waals surface area contributed by atoms with E-state index in [9.17, 15) is 0 Å². The van der Waals surface area contributed by atoms with Crippen LogP contribution in [0.15, 0.2) is 0 Å². The van der Waals surface area contributed by atoms with Crippen LogP contribution in [0.2, 0.25) is 0 Å². The zero-order valence-corrected chi connectivity index (χ0v) is 10.8. The summed E-state index contributed by atoms with van der Waals surface area (Å²) in [5.41, 5.74) is 0. The first kappa shape index (κ1) is 16.2. The van der Waals surface area contributed by atoms with Crippen molar-refractivity contribution in [1.82, 2.24) is 0 Å². The second kappa shape index (κ2) is 18.4. The fourth-order valence-electron chi connectivity index (χ4n) is 0. The fourth-order valence-corrected chi connectivity index (χ4v) is 0. The Morgan fingerprint density at radius 1 is 1.25 bits per heavy atom. The van der Waals surface area contributed by atoms with Crippen molar-refractivity contribution >= 4 is 25.8 Å². The molecular weight excluding hydrogens is 449 g/mol. The van der Waals surface area contributed by atoms with E-state index in [0.29, 0.717) is 0 Å². The first-order chi connectivity index (χ1) is 1.00. The van der Waals surface area contributed by atoms with Crippen molar-refractivity contribution in [1.29, 1.82) is 0 Å². The molecule has 0 aliphatic heterocycles. The molecule has 0 aromatic heterocycles. The summed E-state index contributed by atoms with van der Waals surface area (Å²) >= 11 is 0.0556. The van der Waals surface area contributed by atoms with E-state index in [2.05, 4.69) is 0 Å². The molecule has 0 aliphatic carbocycles. The SMILES string of the molecule is [O]=[Pb].[Sc].[Ta]. The number of hydrogen-bond acceptors (Lipinski definition) is 1. The van der Waals surface area contributed by atoms with E-state index in [-0.39, 0.29) is 74.0 Å². The van der Waals surface area contributed by atoms with Crippen molar-refractivity contribution in [3.63, 3.8) is 0 Å². The molecule has 0 heterocycles. The van der Waals surface area contributed by atoms with Crippen LogP contribution in [0.1, 0.15) is 0 Å². The van der Waals surface area contributed by atoms with Crippen molar-refractivity contribution in [2.24, 2.45) is 0 Å². The van der Waals surface area contributed by atoms with Gasteiger partial charge in [-0.3, -0.25) is 0 Å². The maximum absolute atomic E-state index is 8.39.